The van der Waals surface area contributed by atoms with Gasteiger partial charge in [-0.1, -0.05) is 18.0 Å². The summed E-state index contributed by atoms with van der Waals surface area (Å²) in [6.07, 6.45) is 4.99. The molecule has 1 saturated carbocycles. The molecular weight excluding hydrogens is 314 g/mol. The van der Waals surface area contributed by atoms with Crippen molar-refractivity contribution in [3.63, 3.8) is 0 Å². The molecule has 1 aliphatic rings. The van der Waals surface area contributed by atoms with Crippen LogP contribution in [0.5, 0.6) is 0 Å². The predicted octanol–water partition coefficient (Wildman–Crippen LogP) is 3.00. The maximum absolute atomic E-state index is 8.73. The maximum Gasteiger partial charge on any atom is 0.153 e. The number of nitrogens with two attached hydrogens (primary N) is 1. The summed E-state index contributed by atoms with van der Waals surface area (Å²) in [4.78, 5) is 3.62. The van der Waals surface area contributed by atoms with Crippen LogP contribution in [0.4, 0.5) is 0 Å². The van der Waals surface area contributed by atoms with Gasteiger partial charge in [0.05, 0.1) is 10.3 Å². The second kappa shape index (κ2) is 6.54. The van der Waals surface area contributed by atoms with E-state index in [2.05, 4.69) is 38.1 Å². The summed E-state index contributed by atoms with van der Waals surface area (Å²) >= 11 is 5.22. The van der Waals surface area contributed by atoms with Crippen LogP contribution in [0.3, 0.4) is 0 Å². The first-order valence-electron chi connectivity index (χ1n) is 6.13. The molecule has 1 heterocycles. The van der Waals surface area contributed by atoms with E-state index < -0.39 is 0 Å². The van der Waals surface area contributed by atoms with Gasteiger partial charge in [-0.05, 0) is 40.9 Å². The van der Waals surface area contributed by atoms with Crippen LogP contribution in [-0.4, -0.2) is 28.5 Å². The highest BCUT2D eigenvalue weighted by Crippen LogP contribution is 2.28. The maximum atomic E-state index is 8.73. The Balaban J connectivity index is 2.03. The van der Waals surface area contributed by atoms with Gasteiger partial charge in [-0.2, -0.15) is 0 Å². The second-order valence-corrected chi connectivity index (χ2v) is 7.19. The minimum absolute atomic E-state index is 0.289. The summed E-state index contributed by atoms with van der Waals surface area (Å²) in [7, 11) is 0. The first kappa shape index (κ1) is 13.8. The number of nitrogens with zero attached hydrogens (tertiary/aromatic N) is 2. The van der Waals surface area contributed by atoms with E-state index in [-0.39, 0.29) is 5.84 Å². The van der Waals surface area contributed by atoms with Crippen molar-refractivity contribution < 1.29 is 5.21 Å². The molecule has 0 spiro atoms. The summed E-state index contributed by atoms with van der Waals surface area (Å²) in [6.45, 7) is 1.41. The summed E-state index contributed by atoms with van der Waals surface area (Å²) < 4.78 is 1.15. The summed E-state index contributed by atoms with van der Waals surface area (Å²) in [5.41, 5.74) is 5.65. The van der Waals surface area contributed by atoms with E-state index in [4.69, 9.17) is 10.9 Å². The standard InChI is InChI=1S/C12H18BrN3OS/c13-11-6-5-10(18-11)7-16(8-12(14)15-17)9-3-1-2-4-9/h5-6,9,17H,1-4,7-8H2,(H2,14,15). The lowest BCUT2D eigenvalue weighted by atomic mass is 10.2. The number of amidine groups is 1. The van der Waals surface area contributed by atoms with Crippen molar-refractivity contribution in [2.45, 2.75) is 38.3 Å². The van der Waals surface area contributed by atoms with Crippen LogP contribution in [0.2, 0.25) is 0 Å². The van der Waals surface area contributed by atoms with E-state index in [1.807, 2.05) is 0 Å². The summed E-state index contributed by atoms with van der Waals surface area (Å²) in [5, 5.41) is 11.8. The van der Waals surface area contributed by atoms with Crippen LogP contribution in [0.1, 0.15) is 30.6 Å². The molecule has 1 fully saturated rings. The van der Waals surface area contributed by atoms with Gasteiger partial charge >= 0.3 is 0 Å². The number of oxime groups is 1. The Morgan fingerprint density at radius 3 is 2.78 bits per heavy atom. The quantitative estimate of drug-likeness (QED) is 0.377. The normalized spacial score (nSPS) is 17.8. The van der Waals surface area contributed by atoms with Crippen LogP contribution >= 0.6 is 27.3 Å². The van der Waals surface area contributed by atoms with Crippen molar-refractivity contribution in [2.75, 3.05) is 6.54 Å². The van der Waals surface area contributed by atoms with Crippen LogP contribution in [-0.2, 0) is 6.54 Å². The van der Waals surface area contributed by atoms with Gasteiger partial charge in [-0.3, -0.25) is 4.90 Å². The molecule has 6 heteroatoms. The van der Waals surface area contributed by atoms with E-state index in [1.54, 1.807) is 11.3 Å². The highest BCUT2D eigenvalue weighted by Gasteiger charge is 2.23. The highest BCUT2D eigenvalue weighted by molar-refractivity contribution is 9.11. The molecule has 4 nitrogen and oxygen atoms in total. The highest BCUT2D eigenvalue weighted by atomic mass is 79.9. The van der Waals surface area contributed by atoms with Gasteiger partial charge in [0.1, 0.15) is 0 Å². The fraction of sp³-hybridized carbons (Fsp3) is 0.583. The molecule has 0 aromatic carbocycles. The summed E-state index contributed by atoms with van der Waals surface area (Å²) in [5.74, 6) is 0.289. The number of thiophene rings is 1. The first-order chi connectivity index (χ1) is 8.69. The van der Waals surface area contributed by atoms with Gasteiger partial charge in [-0.25, -0.2) is 0 Å². The Bertz CT molecular complexity index is 415. The Hall–Kier alpha value is -0.590. The largest absolute Gasteiger partial charge is 0.409 e. The van der Waals surface area contributed by atoms with Gasteiger partial charge < -0.3 is 10.9 Å². The van der Waals surface area contributed by atoms with E-state index in [0.717, 1.165) is 10.3 Å². The van der Waals surface area contributed by atoms with E-state index in [0.29, 0.717) is 12.6 Å². The number of hydrogen-bond acceptors (Lipinski definition) is 4. The lowest BCUT2D eigenvalue weighted by Crippen LogP contribution is -2.39. The molecule has 3 N–H and O–H groups in total. The monoisotopic (exact) mass is 331 g/mol. The topological polar surface area (TPSA) is 61.8 Å². The number of rotatable bonds is 5. The molecule has 0 aliphatic heterocycles. The number of halogens is 1. The zero-order chi connectivity index (χ0) is 13.0. The van der Waals surface area contributed by atoms with E-state index >= 15 is 0 Å². The minimum Gasteiger partial charge on any atom is -0.409 e. The number of hydrogen-bond donors (Lipinski definition) is 2. The van der Waals surface area contributed by atoms with Gasteiger partial charge in [0, 0.05) is 17.5 Å². The van der Waals surface area contributed by atoms with Crippen molar-refractivity contribution >= 4 is 33.1 Å². The first-order valence-corrected chi connectivity index (χ1v) is 7.74. The van der Waals surface area contributed by atoms with Crippen molar-refractivity contribution in [3.8, 4) is 0 Å². The van der Waals surface area contributed by atoms with Crippen LogP contribution in [0.25, 0.3) is 0 Å². The Labute approximate surface area is 120 Å². The van der Waals surface area contributed by atoms with E-state index in [9.17, 15) is 0 Å². The summed E-state index contributed by atoms with van der Waals surface area (Å²) in [6, 6.07) is 4.76. The molecule has 0 bridgehead atoms. The van der Waals surface area contributed by atoms with Crippen molar-refractivity contribution in [1.82, 2.24) is 4.90 Å². The Morgan fingerprint density at radius 1 is 1.50 bits per heavy atom. The molecule has 2 rings (SSSR count). The van der Waals surface area contributed by atoms with Gasteiger partial charge in [0.15, 0.2) is 5.84 Å². The van der Waals surface area contributed by atoms with Crippen molar-refractivity contribution in [1.29, 1.82) is 0 Å². The van der Waals surface area contributed by atoms with Gasteiger partial charge in [0.2, 0.25) is 0 Å². The fourth-order valence-corrected chi connectivity index (χ4v) is 3.97. The van der Waals surface area contributed by atoms with Crippen LogP contribution in [0.15, 0.2) is 21.1 Å². The van der Waals surface area contributed by atoms with Crippen molar-refractivity contribution in [2.24, 2.45) is 10.9 Å². The zero-order valence-electron chi connectivity index (χ0n) is 10.2. The molecular formula is C12H18BrN3OS. The fourth-order valence-electron chi connectivity index (χ4n) is 2.46. The smallest absolute Gasteiger partial charge is 0.153 e. The molecule has 0 unspecified atom stereocenters. The SMILES string of the molecule is NC(CN(Cc1ccc(Br)s1)C1CCCC1)=NO. The third kappa shape index (κ3) is 3.70. The van der Waals surface area contributed by atoms with Crippen LogP contribution in [0, 0.1) is 0 Å². The average Bonchev–Trinajstić information content (AvgIpc) is 2.99. The third-order valence-electron chi connectivity index (χ3n) is 3.32. The molecule has 1 aliphatic carbocycles. The van der Waals surface area contributed by atoms with E-state index in [1.165, 1.54) is 30.6 Å². The van der Waals surface area contributed by atoms with Crippen LogP contribution < -0.4 is 5.73 Å². The molecule has 0 radical (unpaired) electrons. The Kier molecular flexibility index (Phi) is 5.03. The molecule has 1 aromatic rings. The predicted molar refractivity (Wildman–Crippen MR) is 78.1 cm³/mol. The lowest BCUT2D eigenvalue weighted by Gasteiger charge is -2.27. The molecule has 0 atom stereocenters. The second-order valence-electron chi connectivity index (χ2n) is 4.64. The van der Waals surface area contributed by atoms with Gasteiger partial charge in [-0.15, -0.1) is 11.3 Å². The lowest BCUT2D eigenvalue weighted by molar-refractivity contribution is 0.216. The molecule has 1 aromatic heterocycles. The molecule has 18 heavy (non-hydrogen) atoms. The molecule has 0 amide bonds. The zero-order valence-corrected chi connectivity index (χ0v) is 12.6. The minimum atomic E-state index is 0.289. The third-order valence-corrected chi connectivity index (χ3v) is 4.93. The van der Waals surface area contributed by atoms with Crippen molar-refractivity contribution in [3.05, 3.63) is 20.8 Å². The molecule has 100 valence electrons. The Morgan fingerprint density at radius 2 is 2.22 bits per heavy atom. The van der Waals surface area contributed by atoms with Gasteiger partial charge in [0.25, 0.3) is 0 Å². The molecule has 0 saturated heterocycles. The average molecular weight is 332 g/mol.